The molecule has 2 aromatic rings. The predicted octanol–water partition coefficient (Wildman–Crippen LogP) is 2.04. The van der Waals surface area contributed by atoms with Crippen LogP contribution in [0.2, 0.25) is 5.04 Å². The van der Waals surface area contributed by atoms with Crippen LogP contribution in [0.1, 0.15) is 20.8 Å². The first-order chi connectivity index (χ1) is 11.0. The SMILES string of the molecule is CC(C)(C)[Si](OC1CNNC1)(c1ccccc1)c1ccccc1. The summed E-state index contributed by atoms with van der Waals surface area (Å²) < 4.78 is 6.95. The molecule has 0 radical (unpaired) electrons. The minimum atomic E-state index is -2.39. The lowest BCUT2D eigenvalue weighted by molar-refractivity contribution is 0.218. The van der Waals surface area contributed by atoms with Gasteiger partial charge in [0, 0.05) is 13.1 Å². The Balaban J connectivity index is 2.16. The lowest BCUT2D eigenvalue weighted by Gasteiger charge is -2.44. The van der Waals surface area contributed by atoms with Crippen molar-refractivity contribution in [3.63, 3.8) is 0 Å². The third kappa shape index (κ3) is 3.12. The largest absolute Gasteiger partial charge is 0.402 e. The minimum Gasteiger partial charge on any atom is -0.402 e. The molecule has 2 N–H and O–H groups in total. The summed E-state index contributed by atoms with van der Waals surface area (Å²) in [7, 11) is -2.39. The Bertz CT molecular complexity index is 579. The Hall–Kier alpha value is -1.46. The molecule has 3 nitrogen and oxygen atoms in total. The van der Waals surface area contributed by atoms with Gasteiger partial charge in [-0.3, -0.25) is 10.9 Å². The van der Waals surface area contributed by atoms with Crippen LogP contribution >= 0.6 is 0 Å². The second kappa shape index (κ2) is 6.57. The van der Waals surface area contributed by atoms with Crippen LogP contribution in [0.4, 0.5) is 0 Å². The fraction of sp³-hybridized carbons (Fsp3) is 0.368. The van der Waals surface area contributed by atoms with E-state index in [0.717, 1.165) is 13.1 Å². The Morgan fingerprint density at radius 1 is 0.826 bits per heavy atom. The molecule has 0 atom stereocenters. The van der Waals surface area contributed by atoms with E-state index in [9.17, 15) is 0 Å². The highest BCUT2D eigenvalue weighted by Gasteiger charge is 2.51. The number of hydrazine groups is 1. The molecular weight excluding hydrogens is 300 g/mol. The van der Waals surface area contributed by atoms with E-state index in [4.69, 9.17) is 4.43 Å². The Labute approximate surface area is 140 Å². The van der Waals surface area contributed by atoms with E-state index in [2.05, 4.69) is 92.3 Å². The van der Waals surface area contributed by atoms with Crippen molar-refractivity contribution < 1.29 is 4.43 Å². The molecule has 0 aromatic heterocycles. The highest BCUT2D eigenvalue weighted by molar-refractivity contribution is 6.99. The molecule has 1 heterocycles. The van der Waals surface area contributed by atoms with Crippen molar-refractivity contribution in [3.8, 4) is 0 Å². The molecule has 1 saturated heterocycles. The van der Waals surface area contributed by atoms with Gasteiger partial charge in [-0.2, -0.15) is 0 Å². The Morgan fingerprint density at radius 2 is 1.26 bits per heavy atom. The lowest BCUT2D eigenvalue weighted by atomic mass is 10.2. The summed E-state index contributed by atoms with van der Waals surface area (Å²) in [4.78, 5) is 0. The number of benzene rings is 2. The van der Waals surface area contributed by atoms with E-state index in [-0.39, 0.29) is 11.1 Å². The molecule has 122 valence electrons. The second-order valence-electron chi connectivity index (χ2n) is 7.16. The molecule has 23 heavy (non-hydrogen) atoms. The lowest BCUT2D eigenvalue weighted by Crippen LogP contribution is -2.68. The fourth-order valence-electron chi connectivity index (χ4n) is 3.47. The third-order valence-electron chi connectivity index (χ3n) is 4.54. The molecule has 0 saturated carbocycles. The van der Waals surface area contributed by atoms with Crippen molar-refractivity contribution in [2.45, 2.75) is 31.9 Å². The molecule has 2 aromatic carbocycles. The standard InChI is InChI=1S/C19H26N2OSi/c1-19(2,3)23(17-10-6-4-7-11-17,18-12-8-5-9-13-18)22-16-14-20-21-15-16/h4-13,16,20-21H,14-15H2,1-3H3. The average molecular weight is 327 g/mol. The molecule has 0 bridgehead atoms. The number of hydrogen-bond acceptors (Lipinski definition) is 3. The van der Waals surface area contributed by atoms with E-state index in [1.165, 1.54) is 10.4 Å². The number of nitrogens with one attached hydrogen (secondary N) is 2. The molecule has 0 amide bonds. The first kappa shape index (κ1) is 16.4. The van der Waals surface area contributed by atoms with Crippen LogP contribution in [0.25, 0.3) is 0 Å². The van der Waals surface area contributed by atoms with E-state index < -0.39 is 8.32 Å². The van der Waals surface area contributed by atoms with Gasteiger partial charge in [0.25, 0.3) is 8.32 Å². The summed E-state index contributed by atoms with van der Waals surface area (Å²) in [5.74, 6) is 0. The van der Waals surface area contributed by atoms with E-state index >= 15 is 0 Å². The molecule has 0 aliphatic carbocycles. The van der Waals surface area contributed by atoms with Crippen molar-refractivity contribution in [1.82, 2.24) is 10.9 Å². The van der Waals surface area contributed by atoms with E-state index in [0.29, 0.717) is 0 Å². The van der Waals surface area contributed by atoms with E-state index in [1.807, 2.05) is 0 Å². The zero-order chi connectivity index (χ0) is 16.3. The van der Waals surface area contributed by atoms with Gasteiger partial charge in [-0.15, -0.1) is 0 Å². The molecule has 1 aliphatic heterocycles. The van der Waals surface area contributed by atoms with Crippen molar-refractivity contribution in [1.29, 1.82) is 0 Å². The first-order valence-electron chi connectivity index (χ1n) is 8.28. The molecule has 0 unspecified atom stereocenters. The zero-order valence-electron chi connectivity index (χ0n) is 14.2. The van der Waals surface area contributed by atoms with Crippen LogP contribution in [0.3, 0.4) is 0 Å². The van der Waals surface area contributed by atoms with Crippen LogP contribution in [0.5, 0.6) is 0 Å². The summed E-state index contributed by atoms with van der Waals surface area (Å²) >= 11 is 0. The summed E-state index contributed by atoms with van der Waals surface area (Å²) in [6.07, 6.45) is 0.196. The van der Waals surface area contributed by atoms with Crippen LogP contribution in [0.15, 0.2) is 60.7 Å². The highest BCUT2D eigenvalue weighted by atomic mass is 28.4. The molecule has 0 spiro atoms. The maximum absolute atomic E-state index is 6.95. The summed E-state index contributed by atoms with van der Waals surface area (Å²) in [5, 5.41) is 2.72. The third-order valence-corrected chi connectivity index (χ3v) is 9.64. The summed E-state index contributed by atoms with van der Waals surface area (Å²) in [6, 6.07) is 21.6. The zero-order valence-corrected chi connectivity index (χ0v) is 15.2. The van der Waals surface area contributed by atoms with Crippen molar-refractivity contribution in [2.24, 2.45) is 0 Å². The maximum Gasteiger partial charge on any atom is 0.261 e. The number of hydrogen-bond donors (Lipinski definition) is 2. The fourth-order valence-corrected chi connectivity index (χ4v) is 8.15. The van der Waals surface area contributed by atoms with Crippen LogP contribution < -0.4 is 21.2 Å². The smallest absolute Gasteiger partial charge is 0.261 e. The predicted molar refractivity (Wildman–Crippen MR) is 98.5 cm³/mol. The van der Waals surface area contributed by atoms with Gasteiger partial charge < -0.3 is 4.43 Å². The molecule has 1 fully saturated rings. The first-order valence-corrected chi connectivity index (χ1v) is 10.2. The molecule has 4 heteroatoms. The van der Waals surface area contributed by atoms with E-state index in [1.54, 1.807) is 0 Å². The number of rotatable bonds is 4. The van der Waals surface area contributed by atoms with Gasteiger partial charge in [-0.1, -0.05) is 81.4 Å². The van der Waals surface area contributed by atoms with Crippen molar-refractivity contribution in [3.05, 3.63) is 60.7 Å². The van der Waals surface area contributed by atoms with Gasteiger partial charge in [0.2, 0.25) is 0 Å². The van der Waals surface area contributed by atoms with Gasteiger partial charge in [0.1, 0.15) is 0 Å². The average Bonchev–Trinajstić information content (AvgIpc) is 3.06. The van der Waals surface area contributed by atoms with Crippen molar-refractivity contribution in [2.75, 3.05) is 13.1 Å². The molecule has 1 aliphatic rings. The quantitative estimate of drug-likeness (QED) is 0.844. The molecular formula is C19H26N2OSi. The topological polar surface area (TPSA) is 33.3 Å². The highest BCUT2D eigenvalue weighted by Crippen LogP contribution is 2.37. The second-order valence-corrected chi connectivity index (χ2v) is 11.4. The van der Waals surface area contributed by atoms with Crippen LogP contribution in [-0.4, -0.2) is 27.5 Å². The van der Waals surface area contributed by atoms with Gasteiger partial charge in [-0.25, -0.2) is 0 Å². The maximum atomic E-state index is 6.95. The van der Waals surface area contributed by atoms with Gasteiger partial charge in [0.15, 0.2) is 0 Å². The van der Waals surface area contributed by atoms with Gasteiger partial charge in [0.05, 0.1) is 6.10 Å². The van der Waals surface area contributed by atoms with Gasteiger partial charge in [-0.05, 0) is 15.4 Å². The normalized spacial score (nSPS) is 16.7. The summed E-state index contributed by atoms with van der Waals surface area (Å²) in [6.45, 7) is 8.65. The van der Waals surface area contributed by atoms with Gasteiger partial charge >= 0.3 is 0 Å². The summed E-state index contributed by atoms with van der Waals surface area (Å²) in [5.41, 5.74) is 6.39. The Morgan fingerprint density at radius 3 is 1.65 bits per heavy atom. The van der Waals surface area contributed by atoms with Crippen LogP contribution in [0, 0.1) is 0 Å². The van der Waals surface area contributed by atoms with Crippen molar-refractivity contribution >= 4 is 18.7 Å². The Kier molecular flexibility index (Phi) is 4.68. The molecule has 3 rings (SSSR count). The monoisotopic (exact) mass is 326 g/mol. The van der Waals surface area contributed by atoms with Crippen LogP contribution in [-0.2, 0) is 4.43 Å². The minimum absolute atomic E-state index is 0.0400.